The Balaban J connectivity index is 1.68. The van der Waals surface area contributed by atoms with Crippen LogP contribution in [0, 0.1) is 0 Å². The Labute approximate surface area is 144 Å². The monoisotopic (exact) mass is 334 g/mol. The molecule has 1 aromatic carbocycles. The van der Waals surface area contributed by atoms with Crippen LogP contribution in [-0.2, 0) is 13.5 Å². The van der Waals surface area contributed by atoms with Crippen molar-refractivity contribution in [3.05, 3.63) is 59.9 Å². The molecule has 3 heterocycles. The van der Waals surface area contributed by atoms with Gasteiger partial charge < -0.3 is 9.88 Å². The van der Waals surface area contributed by atoms with Crippen LogP contribution in [-0.4, -0.2) is 14.5 Å². The summed E-state index contributed by atoms with van der Waals surface area (Å²) >= 11 is 1.77. The smallest absolute Gasteiger partial charge is 0.132 e. The van der Waals surface area contributed by atoms with Crippen LogP contribution >= 0.6 is 11.3 Å². The van der Waals surface area contributed by atoms with Crippen LogP contribution < -0.4 is 5.32 Å². The zero-order valence-electron chi connectivity index (χ0n) is 13.7. The predicted molar refractivity (Wildman–Crippen MR) is 101 cm³/mol. The van der Waals surface area contributed by atoms with Crippen LogP contribution in [0.15, 0.2) is 54.3 Å². The summed E-state index contributed by atoms with van der Waals surface area (Å²) in [6.07, 6.45) is 4.59. The first-order valence-electron chi connectivity index (χ1n) is 7.95. The van der Waals surface area contributed by atoms with E-state index in [0.29, 0.717) is 0 Å². The molecule has 0 aliphatic carbocycles. The number of hydrogen-bond donors (Lipinski definition) is 1. The number of fused-ring (bicyclic) bond motifs is 1. The lowest BCUT2D eigenvalue weighted by Crippen LogP contribution is -1.98. The highest BCUT2D eigenvalue weighted by Crippen LogP contribution is 2.30. The minimum atomic E-state index is 0.838. The highest BCUT2D eigenvalue weighted by molar-refractivity contribution is 7.13. The van der Waals surface area contributed by atoms with Crippen LogP contribution in [0.3, 0.4) is 0 Å². The average Bonchev–Trinajstić information content (AvgIpc) is 3.26. The predicted octanol–water partition coefficient (Wildman–Crippen LogP) is 5.00. The molecular formula is C19H18N4S. The summed E-state index contributed by atoms with van der Waals surface area (Å²) in [5.41, 5.74) is 5.63. The van der Waals surface area contributed by atoms with Gasteiger partial charge in [-0.15, -0.1) is 11.3 Å². The van der Waals surface area contributed by atoms with Gasteiger partial charge in [0.25, 0.3) is 0 Å². The Bertz CT molecular complexity index is 986. The van der Waals surface area contributed by atoms with E-state index >= 15 is 0 Å². The van der Waals surface area contributed by atoms with E-state index in [-0.39, 0.29) is 0 Å². The van der Waals surface area contributed by atoms with Gasteiger partial charge in [-0.3, -0.25) is 0 Å². The van der Waals surface area contributed by atoms with Crippen molar-refractivity contribution in [2.24, 2.45) is 7.05 Å². The molecule has 24 heavy (non-hydrogen) atoms. The molecule has 0 bridgehead atoms. The Kier molecular flexibility index (Phi) is 3.78. The zero-order valence-corrected chi connectivity index (χ0v) is 14.5. The van der Waals surface area contributed by atoms with E-state index < -0.39 is 0 Å². The first-order chi connectivity index (χ1) is 11.7. The quantitative estimate of drug-likeness (QED) is 0.571. The van der Waals surface area contributed by atoms with Gasteiger partial charge in [0.2, 0.25) is 0 Å². The van der Waals surface area contributed by atoms with Crippen LogP contribution in [0.1, 0.15) is 12.5 Å². The van der Waals surface area contributed by atoms with Crippen molar-refractivity contribution in [2.45, 2.75) is 13.3 Å². The molecule has 0 fully saturated rings. The van der Waals surface area contributed by atoms with E-state index in [0.717, 1.165) is 29.0 Å². The van der Waals surface area contributed by atoms with Crippen LogP contribution in [0.4, 0.5) is 11.5 Å². The maximum Gasteiger partial charge on any atom is 0.132 e. The number of nitrogens with zero attached hydrogens (tertiary/aromatic N) is 3. The minimum absolute atomic E-state index is 0.838. The van der Waals surface area contributed by atoms with Crippen LogP contribution in [0.25, 0.3) is 21.5 Å². The SMILES string of the molecule is CCc1cc(-c2cccs2)ccc1Nc1cc2c(cn1)ncn2C. The van der Waals surface area contributed by atoms with Gasteiger partial charge >= 0.3 is 0 Å². The topological polar surface area (TPSA) is 42.7 Å². The van der Waals surface area contributed by atoms with Gasteiger partial charge in [-0.1, -0.05) is 19.1 Å². The molecule has 0 amide bonds. The van der Waals surface area contributed by atoms with E-state index in [1.54, 1.807) is 11.3 Å². The second-order valence-corrected chi connectivity index (χ2v) is 6.69. The molecule has 0 saturated heterocycles. The third kappa shape index (κ3) is 2.67. The van der Waals surface area contributed by atoms with Gasteiger partial charge in [0, 0.05) is 23.7 Å². The lowest BCUT2D eigenvalue weighted by atomic mass is 10.1. The fraction of sp³-hybridized carbons (Fsp3) is 0.158. The molecule has 0 aliphatic rings. The molecular weight excluding hydrogens is 316 g/mol. The summed E-state index contributed by atoms with van der Waals surface area (Å²) in [5.74, 6) is 0.838. The molecule has 3 aromatic heterocycles. The molecule has 1 N–H and O–H groups in total. The first kappa shape index (κ1) is 14.9. The standard InChI is InChI=1S/C19H18N4S/c1-3-13-9-14(18-5-4-8-24-18)6-7-15(13)22-19-10-17-16(11-20-19)21-12-23(17)2/h4-12H,3H2,1-2H3,(H,20,22). The molecule has 4 rings (SSSR count). The molecule has 0 unspecified atom stereocenters. The number of anilines is 2. The zero-order chi connectivity index (χ0) is 16.5. The van der Waals surface area contributed by atoms with Gasteiger partial charge in [-0.05, 0) is 41.1 Å². The second kappa shape index (κ2) is 6.09. The largest absolute Gasteiger partial charge is 0.340 e. The molecule has 0 atom stereocenters. The molecule has 120 valence electrons. The van der Waals surface area contributed by atoms with Crippen molar-refractivity contribution in [1.82, 2.24) is 14.5 Å². The summed E-state index contributed by atoms with van der Waals surface area (Å²) in [7, 11) is 1.99. The van der Waals surface area contributed by atoms with E-state index in [1.807, 2.05) is 30.2 Å². The van der Waals surface area contributed by atoms with Crippen molar-refractivity contribution < 1.29 is 0 Å². The molecule has 4 aromatic rings. The number of rotatable bonds is 4. The Morgan fingerprint density at radius 2 is 2.08 bits per heavy atom. The summed E-state index contributed by atoms with van der Waals surface area (Å²) in [4.78, 5) is 10.1. The van der Waals surface area contributed by atoms with Gasteiger partial charge in [-0.2, -0.15) is 0 Å². The van der Waals surface area contributed by atoms with Crippen molar-refractivity contribution >= 4 is 33.9 Å². The van der Waals surface area contributed by atoms with Gasteiger partial charge in [0.05, 0.1) is 18.0 Å². The van der Waals surface area contributed by atoms with E-state index in [1.165, 1.54) is 16.0 Å². The van der Waals surface area contributed by atoms with Crippen LogP contribution in [0.2, 0.25) is 0 Å². The fourth-order valence-electron chi connectivity index (χ4n) is 2.84. The maximum atomic E-state index is 4.48. The number of benzene rings is 1. The Hall–Kier alpha value is -2.66. The van der Waals surface area contributed by atoms with Crippen molar-refractivity contribution in [2.75, 3.05) is 5.32 Å². The second-order valence-electron chi connectivity index (χ2n) is 5.74. The number of pyridine rings is 1. The summed E-state index contributed by atoms with van der Waals surface area (Å²) in [6.45, 7) is 2.18. The Morgan fingerprint density at radius 1 is 1.17 bits per heavy atom. The highest BCUT2D eigenvalue weighted by Gasteiger charge is 2.08. The van der Waals surface area contributed by atoms with Crippen LogP contribution in [0.5, 0.6) is 0 Å². The Morgan fingerprint density at radius 3 is 2.88 bits per heavy atom. The van der Waals surface area contributed by atoms with E-state index in [2.05, 4.69) is 57.9 Å². The number of imidazole rings is 1. The number of aryl methyl sites for hydroxylation is 2. The van der Waals surface area contributed by atoms with Gasteiger partial charge in [0.1, 0.15) is 11.3 Å². The molecule has 4 nitrogen and oxygen atoms in total. The van der Waals surface area contributed by atoms with E-state index in [4.69, 9.17) is 0 Å². The van der Waals surface area contributed by atoms with Gasteiger partial charge in [0.15, 0.2) is 0 Å². The third-order valence-corrected chi connectivity index (χ3v) is 5.09. The van der Waals surface area contributed by atoms with Gasteiger partial charge in [-0.25, -0.2) is 9.97 Å². The average molecular weight is 334 g/mol. The molecule has 0 aliphatic heterocycles. The van der Waals surface area contributed by atoms with Crippen molar-refractivity contribution in [1.29, 1.82) is 0 Å². The fourth-order valence-corrected chi connectivity index (χ4v) is 3.57. The number of thiophene rings is 1. The third-order valence-electron chi connectivity index (χ3n) is 4.17. The lowest BCUT2D eigenvalue weighted by molar-refractivity contribution is 0.947. The number of aromatic nitrogens is 3. The highest BCUT2D eigenvalue weighted by atomic mass is 32.1. The lowest BCUT2D eigenvalue weighted by Gasteiger charge is -2.12. The summed E-state index contributed by atoms with van der Waals surface area (Å²) in [6, 6.07) is 12.8. The first-order valence-corrected chi connectivity index (χ1v) is 8.83. The molecule has 5 heteroatoms. The van der Waals surface area contributed by atoms with E-state index in [9.17, 15) is 0 Å². The maximum absolute atomic E-state index is 4.48. The summed E-state index contributed by atoms with van der Waals surface area (Å²) in [5, 5.41) is 5.57. The number of nitrogens with one attached hydrogen (secondary N) is 1. The van der Waals surface area contributed by atoms with Crippen molar-refractivity contribution in [3.8, 4) is 10.4 Å². The summed E-state index contributed by atoms with van der Waals surface area (Å²) < 4.78 is 2.00. The van der Waals surface area contributed by atoms with Crippen molar-refractivity contribution in [3.63, 3.8) is 0 Å². The normalized spacial score (nSPS) is 11.1. The minimum Gasteiger partial charge on any atom is -0.340 e. The number of hydrogen-bond acceptors (Lipinski definition) is 4. The molecule has 0 spiro atoms. The molecule has 0 radical (unpaired) electrons. The molecule has 0 saturated carbocycles.